The van der Waals surface area contributed by atoms with Gasteiger partial charge in [-0.15, -0.1) is 0 Å². The second kappa shape index (κ2) is 5.27. The summed E-state index contributed by atoms with van der Waals surface area (Å²) < 4.78 is 0. The Kier molecular flexibility index (Phi) is 3.74. The van der Waals surface area contributed by atoms with Crippen LogP contribution in [0.4, 0.5) is 5.69 Å². The van der Waals surface area contributed by atoms with E-state index < -0.39 is 0 Å². The highest BCUT2D eigenvalue weighted by atomic mass is 32.1. The second-order valence-electron chi connectivity index (χ2n) is 4.07. The summed E-state index contributed by atoms with van der Waals surface area (Å²) in [6, 6.07) is 9.88. The Hall–Kier alpha value is -1.13. The van der Waals surface area contributed by atoms with E-state index in [1.54, 1.807) is 0 Å². The van der Waals surface area contributed by atoms with Crippen molar-refractivity contribution in [1.82, 2.24) is 5.32 Å². The van der Waals surface area contributed by atoms with Crippen LogP contribution >= 0.6 is 12.2 Å². The molecule has 0 radical (unpaired) electrons. The molecule has 2 rings (SSSR count). The minimum absolute atomic E-state index is 0.101. The predicted octanol–water partition coefficient (Wildman–Crippen LogP) is 1.89. The molecule has 0 saturated heterocycles. The molecule has 0 aliphatic heterocycles. The van der Waals surface area contributed by atoms with Gasteiger partial charge in [0.15, 0.2) is 5.11 Å². The smallest absolute Gasteiger partial charge is 0.171 e. The third kappa shape index (κ3) is 2.93. The number of benzene rings is 1. The Labute approximate surface area is 101 Å². The number of hydrogen-bond acceptors (Lipinski definition) is 2. The molecule has 0 heterocycles. The van der Waals surface area contributed by atoms with E-state index in [0.717, 1.165) is 24.9 Å². The highest BCUT2D eigenvalue weighted by Crippen LogP contribution is 2.18. The van der Waals surface area contributed by atoms with Gasteiger partial charge in [0.1, 0.15) is 0 Å². The van der Waals surface area contributed by atoms with Gasteiger partial charge in [-0.1, -0.05) is 18.2 Å². The molecular weight excluding hydrogens is 220 g/mol. The minimum Gasteiger partial charge on any atom is -0.391 e. The van der Waals surface area contributed by atoms with Gasteiger partial charge < -0.3 is 15.7 Å². The summed E-state index contributed by atoms with van der Waals surface area (Å²) in [6.45, 7) is 0. The molecule has 0 aromatic heterocycles. The van der Waals surface area contributed by atoms with Gasteiger partial charge in [0.25, 0.3) is 0 Å². The normalized spacial score (nSPS) is 24.1. The Morgan fingerprint density at radius 2 is 2.00 bits per heavy atom. The zero-order valence-electron chi connectivity index (χ0n) is 9.02. The van der Waals surface area contributed by atoms with Crippen LogP contribution in [0.15, 0.2) is 30.3 Å². The SMILES string of the molecule is OC1CCCC1NC(=S)Nc1ccccc1. The zero-order chi connectivity index (χ0) is 11.4. The van der Waals surface area contributed by atoms with Crippen molar-refractivity contribution < 1.29 is 5.11 Å². The summed E-state index contributed by atoms with van der Waals surface area (Å²) in [6.07, 6.45) is 2.64. The number of para-hydroxylation sites is 1. The molecule has 16 heavy (non-hydrogen) atoms. The van der Waals surface area contributed by atoms with E-state index in [4.69, 9.17) is 12.2 Å². The van der Waals surface area contributed by atoms with E-state index in [-0.39, 0.29) is 12.1 Å². The number of anilines is 1. The molecule has 1 aromatic carbocycles. The van der Waals surface area contributed by atoms with Crippen molar-refractivity contribution in [1.29, 1.82) is 0 Å². The molecule has 0 bridgehead atoms. The summed E-state index contributed by atoms with van der Waals surface area (Å²) >= 11 is 5.19. The first-order chi connectivity index (χ1) is 7.75. The Bertz CT molecular complexity index is 355. The molecule has 1 aliphatic rings. The molecule has 86 valence electrons. The molecule has 1 saturated carbocycles. The monoisotopic (exact) mass is 236 g/mol. The molecule has 1 aromatic rings. The van der Waals surface area contributed by atoms with Crippen LogP contribution in [0, 0.1) is 0 Å². The highest BCUT2D eigenvalue weighted by Gasteiger charge is 2.25. The van der Waals surface area contributed by atoms with Crippen molar-refractivity contribution >= 4 is 23.0 Å². The fraction of sp³-hybridized carbons (Fsp3) is 0.417. The maximum absolute atomic E-state index is 9.65. The van der Waals surface area contributed by atoms with Crippen LogP contribution in [0.1, 0.15) is 19.3 Å². The van der Waals surface area contributed by atoms with E-state index in [9.17, 15) is 5.11 Å². The Morgan fingerprint density at radius 3 is 2.62 bits per heavy atom. The first-order valence-electron chi connectivity index (χ1n) is 5.56. The summed E-state index contributed by atoms with van der Waals surface area (Å²) in [5.41, 5.74) is 0.965. The van der Waals surface area contributed by atoms with Crippen molar-refractivity contribution in [2.45, 2.75) is 31.4 Å². The molecule has 2 unspecified atom stereocenters. The van der Waals surface area contributed by atoms with Gasteiger partial charge in [-0.2, -0.15) is 0 Å². The van der Waals surface area contributed by atoms with Crippen molar-refractivity contribution in [3.8, 4) is 0 Å². The van der Waals surface area contributed by atoms with Crippen molar-refractivity contribution in [3.63, 3.8) is 0 Å². The molecule has 0 amide bonds. The van der Waals surface area contributed by atoms with Gasteiger partial charge in [0.05, 0.1) is 12.1 Å². The lowest BCUT2D eigenvalue weighted by Crippen LogP contribution is -2.42. The minimum atomic E-state index is -0.268. The topological polar surface area (TPSA) is 44.3 Å². The average Bonchev–Trinajstić information content (AvgIpc) is 2.66. The van der Waals surface area contributed by atoms with Crippen LogP contribution in [0.25, 0.3) is 0 Å². The molecule has 1 aliphatic carbocycles. The maximum atomic E-state index is 9.65. The number of aliphatic hydroxyl groups excluding tert-OH is 1. The van der Waals surface area contributed by atoms with Crippen molar-refractivity contribution in [2.24, 2.45) is 0 Å². The Morgan fingerprint density at radius 1 is 1.25 bits per heavy atom. The van der Waals surface area contributed by atoms with Gasteiger partial charge in [-0.25, -0.2) is 0 Å². The second-order valence-corrected chi connectivity index (χ2v) is 4.48. The lowest BCUT2D eigenvalue weighted by atomic mass is 10.2. The quantitative estimate of drug-likeness (QED) is 0.686. The van der Waals surface area contributed by atoms with Crippen LogP contribution in [-0.4, -0.2) is 22.4 Å². The van der Waals surface area contributed by atoms with Crippen molar-refractivity contribution in [2.75, 3.05) is 5.32 Å². The number of nitrogens with one attached hydrogen (secondary N) is 2. The molecule has 0 spiro atoms. The highest BCUT2D eigenvalue weighted by molar-refractivity contribution is 7.80. The predicted molar refractivity (Wildman–Crippen MR) is 69.4 cm³/mol. The van der Waals surface area contributed by atoms with Gasteiger partial charge in [0.2, 0.25) is 0 Å². The van der Waals surface area contributed by atoms with Crippen LogP contribution in [0.2, 0.25) is 0 Å². The largest absolute Gasteiger partial charge is 0.391 e. The zero-order valence-corrected chi connectivity index (χ0v) is 9.83. The first-order valence-corrected chi connectivity index (χ1v) is 5.97. The lowest BCUT2D eigenvalue weighted by Gasteiger charge is -2.19. The fourth-order valence-electron chi connectivity index (χ4n) is 1.97. The molecular formula is C12H16N2OS. The van der Waals surface area contributed by atoms with Gasteiger partial charge in [0, 0.05) is 5.69 Å². The lowest BCUT2D eigenvalue weighted by molar-refractivity contribution is 0.158. The molecule has 4 heteroatoms. The molecule has 3 nitrogen and oxygen atoms in total. The van der Waals surface area contributed by atoms with Gasteiger partial charge in [-0.3, -0.25) is 0 Å². The number of hydrogen-bond donors (Lipinski definition) is 3. The number of aliphatic hydroxyl groups is 1. The fourth-order valence-corrected chi connectivity index (χ4v) is 2.24. The van der Waals surface area contributed by atoms with Crippen LogP contribution < -0.4 is 10.6 Å². The van der Waals surface area contributed by atoms with E-state index >= 15 is 0 Å². The van der Waals surface area contributed by atoms with Crippen LogP contribution in [0.3, 0.4) is 0 Å². The summed E-state index contributed by atoms with van der Waals surface area (Å²) in [5.74, 6) is 0. The maximum Gasteiger partial charge on any atom is 0.171 e. The Balaban J connectivity index is 1.85. The molecule has 1 fully saturated rings. The standard InChI is InChI=1S/C12H16N2OS/c15-11-8-4-7-10(11)14-12(16)13-9-5-2-1-3-6-9/h1-3,5-6,10-11,15H,4,7-8H2,(H2,13,14,16). The number of thiocarbonyl (C=S) groups is 1. The van der Waals surface area contributed by atoms with Crippen LogP contribution in [-0.2, 0) is 0 Å². The third-order valence-electron chi connectivity index (χ3n) is 2.83. The third-order valence-corrected chi connectivity index (χ3v) is 3.05. The van der Waals surface area contributed by atoms with E-state index in [1.165, 1.54) is 0 Å². The van der Waals surface area contributed by atoms with Gasteiger partial charge in [-0.05, 0) is 43.6 Å². The van der Waals surface area contributed by atoms with E-state index in [0.29, 0.717) is 5.11 Å². The molecule has 2 atom stereocenters. The first kappa shape index (κ1) is 11.4. The van der Waals surface area contributed by atoms with Gasteiger partial charge >= 0.3 is 0 Å². The summed E-state index contributed by atoms with van der Waals surface area (Å²) in [5, 5.41) is 16.5. The van der Waals surface area contributed by atoms with E-state index in [2.05, 4.69) is 10.6 Å². The van der Waals surface area contributed by atoms with Crippen molar-refractivity contribution in [3.05, 3.63) is 30.3 Å². The number of rotatable bonds is 2. The summed E-state index contributed by atoms with van der Waals surface area (Å²) in [4.78, 5) is 0. The van der Waals surface area contributed by atoms with E-state index in [1.807, 2.05) is 30.3 Å². The molecule has 3 N–H and O–H groups in total. The average molecular weight is 236 g/mol. The van der Waals surface area contributed by atoms with Crippen LogP contribution in [0.5, 0.6) is 0 Å². The summed E-state index contributed by atoms with van der Waals surface area (Å²) in [7, 11) is 0.